The maximum Gasteiger partial charge on any atom is 0.326 e. The lowest BCUT2D eigenvalue weighted by molar-refractivity contribution is -0.142. The molecule has 0 unspecified atom stereocenters. The zero-order valence-electron chi connectivity index (χ0n) is 12.1. The quantitative estimate of drug-likeness (QED) is 0.897. The minimum Gasteiger partial charge on any atom is -0.480 e. The van der Waals surface area contributed by atoms with Crippen molar-refractivity contribution in [3.05, 3.63) is 17.0 Å². The second-order valence-corrected chi connectivity index (χ2v) is 9.18. The summed E-state index contributed by atoms with van der Waals surface area (Å²) in [5.74, 6) is -1.08. The number of aliphatic carboxylic acids is 1. The van der Waals surface area contributed by atoms with Gasteiger partial charge in [0, 0.05) is 18.2 Å². The van der Waals surface area contributed by atoms with Gasteiger partial charge in [-0.05, 0) is 30.7 Å². The molecule has 1 aliphatic carbocycles. The standard InChI is InChI=1S/C14H17NO5S2/c1-22(19,20)11-5-9(7-21-11)13(16)15-6-8-3-2-4-10(8)12(15)14(17)18/h5,7-8,10,12H,2-4,6H2,1H3,(H,17,18)/t8-,10-,12+/m0/s1. The lowest BCUT2D eigenvalue weighted by atomic mass is 9.94. The number of sulfone groups is 1. The minimum atomic E-state index is -3.35. The zero-order valence-corrected chi connectivity index (χ0v) is 13.7. The van der Waals surface area contributed by atoms with E-state index < -0.39 is 21.8 Å². The summed E-state index contributed by atoms with van der Waals surface area (Å²) in [6.45, 7) is 0.449. The summed E-state index contributed by atoms with van der Waals surface area (Å²) < 4.78 is 23.2. The minimum absolute atomic E-state index is 0.0227. The van der Waals surface area contributed by atoms with Gasteiger partial charge in [-0.3, -0.25) is 4.79 Å². The molecule has 1 aromatic heterocycles. The largest absolute Gasteiger partial charge is 0.480 e. The summed E-state index contributed by atoms with van der Waals surface area (Å²) in [5, 5.41) is 11.0. The van der Waals surface area contributed by atoms with E-state index in [4.69, 9.17) is 0 Å². The molecule has 1 saturated carbocycles. The smallest absolute Gasteiger partial charge is 0.326 e. The van der Waals surface area contributed by atoms with Crippen molar-refractivity contribution in [3.8, 4) is 0 Å². The van der Waals surface area contributed by atoms with Crippen molar-refractivity contribution >= 4 is 33.1 Å². The van der Waals surface area contributed by atoms with E-state index in [1.807, 2.05) is 0 Å². The van der Waals surface area contributed by atoms with Crippen LogP contribution in [-0.2, 0) is 14.6 Å². The number of thiophene rings is 1. The first-order valence-corrected chi connectivity index (χ1v) is 9.88. The molecule has 3 rings (SSSR count). The predicted molar refractivity (Wildman–Crippen MR) is 80.7 cm³/mol. The lowest BCUT2D eigenvalue weighted by Gasteiger charge is -2.24. The molecular formula is C14H17NO5S2. The Morgan fingerprint density at radius 3 is 2.68 bits per heavy atom. The van der Waals surface area contributed by atoms with E-state index in [1.165, 1.54) is 16.3 Å². The Morgan fingerprint density at radius 2 is 2.09 bits per heavy atom. The highest BCUT2D eigenvalue weighted by molar-refractivity contribution is 7.92. The van der Waals surface area contributed by atoms with Crippen molar-refractivity contribution in [2.75, 3.05) is 12.8 Å². The van der Waals surface area contributed by atoms with Crippen molar-refractivity contribution < 1.29 is 23.1 Å². The van der Waals surface area contributed by atoms with Gasteiger partial charge in [0.15, 0.2) is 9.84 Å². The topological polar surface area (TPSA) is 91.8 Å². The van der Waals surface area contributed by atoms with Crippen molar-refractivity contribution in [1.82, 2.24) is 4.90 Å². The molecule has 1 amide bonds. The van der Waals surface area contributed by atoms with Crippen molar-refractivity contribution in [3.63, 3.8) is 0 Å². The average molecular weight is 343 g/mol. The van der Waals surface area contributed by atoms with Crippen LogP contribution in [0, 0.1) is 11.8 Å². The van der Waals surface area contributed by atoms with E-state index in [0.717, 1.165) is 36.9 Å². The van der Waals surface area contributed by atoms with E-state index in [2.05, 4.69) is 0 Å². The number of nitrogens with zero attached hydrogens (tertiary/aromatic N) is 1. The van der Waals surface area contributed by atoms with E-state index in [1.54, 1.807) is 0 Å². The van der Waals surface area contributed by atoms with Crippen LogP contribution in [0.2, 0.25) is 0 Å². The number of hydrogen-bond donors (Lipinski definition) is 1. The average Bonchev–Trinajstić information content (AvgIpc) is 3.11. The van der Waals surface area contributed by atoms with Gasteiger partial charge in [0.1, 0.15) is 10.3 Å². The number of fused-ring (bicyclic) bond motifs is 1. The molecule has 1 aliphatic heterocycles. The SMILES string of the molecule is CS(=O)(=O)c1cc(C(=O)N2C[C@@H]3CCC[C@@H]3[C@@H]2C(=O)O)cs1. The third-order valence-electron chi connectivity index (χ3n) is 4.59. The molecule has 0 aromatic carbocycles. The van der Waals surface area contributed by atoms with E-state index in [-0.39, 0.29) is 27.5 Å². The Bertz CT molecular complexity index is 723. The monoisotopic (exact) mass is 343 g/mol. The molecule has 1 saturated heterocycles. The van der Waals surface area contributed by atoms with Gasteiger partial charge in [-0.15, -0.1) is 11.3 Å². The van der Waals surface area contributed by atoms with Crippen molar-refractivity contribution in [1.29, 1.82) is 0 Å². The number of hydrogen-bond acceptors (Lipinski definition) is 5. The van der Waals surface area contributed by atoms with Gasteiger partial charge in [-0.25, -0.2) is 13.2 Å². The second kappa shape index (κ2) is 5.34. The molecule has 1 aromatic rings. The molecular weight excluding hydrogens is 326 g/mol. The Morgan fingerprint density at radius 1 is 1.36 bits per heavy atom. The van der Waals surface area contributed by atoms with Crippen LogP contribution >= 0.6 is 11.3 Å². The molecule has 0 radical (unpaired) electrons. The molecule has 8 heteroatoms. The molecule has 120 valence electrons. The van der Waals surface area contributed by atoms with Crippen LogP contribution in [0.15, 0.2) is 15.7 Å². The number of rotatable bonds is 3. The number of likely N-dealkylation sites (tertiary alicyclic amines) is 1. The zero-order chi connectivity index (χ0) is 16.1. The van der Waals surface area contributed by atoms with Gasteiger partial charge in [-0.1, -0.05) is 6.42 Å². The molecule has 2 heterocycles. The fourth-order valence-electron chi connectivity index (χ4n) is 3.62. The summed E-state index contributed by atoms with van der Waals surface area (Å²) in [4.78, 5) is 25.6. The molecule has 0 spiro atoms. The molecule has 22 heavy (non-hydrogen) atoms. The van der Waals surface area contributed by atoms with Crippen LogP contribution in [0.25, 0.3) is 0 Å². The first-order chi connectivity index (χ1) is 10.3. The molecule has 0 bridgehead atoms. The van der Waals surface area contributed by atoms with Crippen LogP contribution in [0.5, 0.6) is 0 Å². The fourth-order valence-corrected chi connectivity index (χ4v) is 5.41. The third kappa shape index (κ3) is 2.54. The molecule has 2 aliphatic rings. The molecule has 6 nitrogen and oxygen atoms in total. The van der Waals surface area contributed by atoms with Gasteiger partial charge in [0.05, 0.1) is 5.56 Å². The Balaban J connectivity index is 1.88. The number of amides is 1. The predicted octanol–water partition coefficient (Wildman–Crippen LogP) is 1.48. The van der Waals surface area contributed by atoms with Gasteiger partial charge < -0.3 is 10.0 Å². The summed E-state index contributed by atoms with van der Waals surface area (Å²) in [6.07, 6.45) is 3.89. The van der Waals surface area contributed by atoms with Crippen LogP contribution in [0.3, 0.4) is 0 Å². The summed E-state index contributed by atoms with van der Waals surface area (Å²) >= 11 is 0.992. The van der Waals surface area contributed by atoms with Gasteiger partial charge in [-0.2, -0.15) is 0 Å². The summed E-state index contributed by atoms with van der Waals surface area (Å²) in [7, 11) is -3.35. The van der Waals surface area contributed by atoms with Crippen molar-refractivity contribution in [2.45, 2.75) is 29.5 Å². The maximum absolute atomic E-state index is 12.6. The van der Waals surface area contributed by atoms with Crippen LogP contribution in [0.4, 0.5) is 0 Å². The number of carboxylic acid groups (broad SMARTS) is 1. The van der Waals surface area contributed by atoms with Crippen molar-refractivity contribution in [2.24, 2.45) is 11.8 Å². The molecule has 1 N–H and O–H groups in total. The van der Waals surface area contributed by atoms with Crippen LogP contribution in [0.1, 0.15) is 29.6 Å². The molecule has 2 fully saturated rings. The third-order valence-corrected chi connectivity index (χ3v) is 7.36. The van der Waals surface area contributed by atoms with Crippen LogP contribution in [-0.4, -0.2) is 49.1 Å². The van der Waals surface area contributed by atoms with E-state index in [0.29, 0.717) is 6.54 Å². The summed E-state index contributed by atoms with van der Waals surface area (Å²) in [6, 6.07) is 0.552. The number of carbonyl (C=O) groups is 2. The Kier molecular flexibility index (Phi) is 3.76. The lowest BCUT2D eigenvalue weighted by Crippen LogP contribution is -2.43. The first-order valence-electron chi connectivity index (χ1n) is 7.11. The summed E-state index contributed by atoms with van der Waals surface area (Å²) in [5.41, 5.74) is 0.261. The van der Waals surface area contributed by atoms with Gasteiger partial charge >= 0.3 is 5.97 Å². The fraction of sp³-hybridized carbons (Fsp3) is 0.571. The Labute approximate surface area is 132 Å². The normalized spacial score (nSPS) is 27.9. The highest BCUT2D eigenvalue weighted by atomic mass is 32.2. The molecule has 3 atom stereocenters. The highest BCUT2D eigenvalue weighted by Gasteiger charge is 2.49. The maximum atomic E-state index is 12.6. The second-order valence-electron chi connectivity index (χ2n) is 6.02. The van der Waals surface area contributed by atoms with Gasteiger partial charge in [0.25, 0.3) is 5.91 Å². The van der Waals surface area contributed by atoms with E-state index >= 15 is 0 Å². The number of carboxylic acids is 1. The van der Waals surface area contributed by atoms with Crippen LogP contribution < -0.4 is 0 Å². The first kappa shape index (κ1) is 15.5. The van der Waals surface area contributed by atoms with E-state index in [9.17, 15) is 23.1 Å². The van der Waals surface area contributed by atoms with Gasteiger partial charge in [0.2, 0.25) is 0 Å². The Hall–Kier alpha value is -1.41. The highest BCUT2D eigenvalue weighted by Crippen LogP contribution is 2.43. The number of carbonyl (C=O) groups excluding carboxylic acids is 1.